The maximum atomic E-state index is 13.6. The second kappa shape index (κ2) is 6.91. The Balaban J connectivity index is 2.12. The van der Waals surface area contributed by atoms with E-state index >= 15 is 0 Å². The SMILES string of the molecule is Cc1c(Cl)cccc1N[C@@H](C)C(=O)Nc1ccc(F)c(F)c1F. The maximum Gasteiger partial charge on any atom is 0.246 e. The van der Waals surface area contributed by atoms with Gasteiger partial charge >= 0.3 is 0 Å². The molecule has 7 heteroatoms. The zero-order valence-electron chi connectivity index (χ0n) is 12.4. The molecule has 0 spiro atoms. The van der Waals surface area contributed by atoms with E-state index in [1.807, 2.05) is 0 Å². The van der Waals surface area contributed by atoms with E-state index in [0.717, 1.165) is 17.7 Å². The Morgan fingerprint density at radius 2 is 1.78 bits per heavy atom. The lowest BCUT2D eigenvalue weighted by molar-refractivity contribution is -0.116. The fourth-order valence-corrected chi connectivity index (χ4v) is 2.10. The molecule has 0 aromatic heterocycles. The topological polar surface area (TPSA) is 41.1 Å². The van der Waals surface area contributed by atoms with E-state index in [1.165, 1.54) is 0 Å². The van der Waals surface area contributed by atoms with Crippen LogP contribution in [0.4, 0.5) is 24.5 Å². The van der Waals surface area contributed by atoms with E-state index in [9.17, 15) is 18.0 Å². The molecular formula is C16H14ClF3N2O. The summed E-state index contributed by atoms with van der Waals surface area (Å²) in [5.74, 6) is -4.99. The van der Waals surface area contributed by atoms with Gasteiger partial charge in [-0.1, -0.05) is 17.7 Å². The minimum Gasteiger partial charge on any atom is -0.374 e. The first kappa shape index (κ1) is 17.1. The number of hydrogen-bond donors (Lipinski definition) is 2. The van der Waals surface area contributed by atoms with Gasteiger partial charge < -0.3 is 10.6 Å². The van der Waals surface area contributed by atoms with Crippen molar-refractivity contribution >= 4 is 28.9 Å². The van der Waals surface area contributed by atoms with Gasteiger partial charge in [-0.05, 0) is 43.7 Å². The van der Waals surface area contributed by atoms with Crippen LogP contribution in [0, 0.1) is 24.4 Å². The summed E-state index contributed by atoms with van der Waals surface area (Å²) in [6.07, 6.45) is 0. The van der Waals surface area contributed by atoms with Crippen molar-refractivity contribution in [2.75, 3.05) is 10.6 Å². The van der Waals surface area contributed by atoms with Crippen molar-refractivity contribution in [1.29, 1.82) is 0 Å². The smallest absolute Gasteiger partial charge is 0.246 e. The Bertz CT molecular complexity index is 752. The molecule has 0 saturated heterocycles. The van der Waals surface area contributed by atoms with Gasteiger partial charge in [0.15, 0.2) is 17.5 Å². The number of carbonyl (C=O) groups is 1. The Labute approximate surface area is 136 Å². The van der Waals surface area contributed by atoms with Gasteiger partial charge in [-0.3, -0.25) is 4.79 Å². The largest absolute Gasteiger partial charge is 0.374 e. The van der Waals surface area contributed by atoms with Crippen LogP contribution in [0.25, 0.3) is 0 Å². The molecule has 0 radical (unpaired) electrons. The molecule has 2 N–H and O–H groups in total. The van der Waals surface area contributed by atoms with Gasteiger partial charge in [0.2, 0.25) is 5.91 Å². The first-order chi connectivity index (χ1) is 10.8. The normalized spacial score (nSPS) is 11.9. The molecule has 0 aliphatic carbocycles. The summed E-state index contributed by atoms with van der Waals surface area (Å²) in [5, 5.41) is 5.68. The number of carbonyl (C=O) groups excluding carboxylic acids is 1. The van der Waals surface area contributed by atoms with E-state index in [4.69, 9.17) is 11.6 Å². The third kappa shape index (κ3) is 3.76. The second-order valence-corrected chi connectivity index (χ2v) is 5.40. The molecule has 2 rings (SSSR count). The number of benzene rings is 2. The first-order valence-corrected chi connectivity index (χ1v) is 7.15. The summed E-state index contributed by atoms with van der Waals surface area (Å²) < 4.78 is 39.6. The van der Waals surface area contributed by atoms with Crippen molar-refractivity contribution in [2.45, 2.75) is 19.9 Å². The highest BCUT2D eigenvalue weighted by Crippen LogP contribution is 2.24. The number of halogens is 4. The molecule has 0 saturated carbocycles. The standard InChI is InChI=1S/C16H14ClF3N2O/c1-8-10(17)4-3-5-12(8)21-9(2)16(23)22-13-7-6-11(18)14(19)15(13)20/h3-7,9,21H,1-2H3,(H,22,23)/t9-/m0/s1. The zero-order valence-corrected chi connectivity index (χ0v) is 13.1. The van der Waals surface area contributed by atoms with E-state index in [2.05, 4.69) is 10.6 Å². The van der Waals surface area contributed by atoms with Gasteiger partial charge in [-0.15, -0.1) is 0 Å². The fourth-order valence-electron chi connectivity index (χ4n) is 1.93. The molecule has 0 bridgehead atoms. The summed E-state index contributed by atoms with van der Waals surface area (Å²) in [7, 11) is 0. The predicted octanol–water partition coefficient (Wildman–Crippen LogP) is 4.50. The molecule has 0 fully saturated rings. The first-order valence-electron chi connectivity index (χ1n) is 6.77. The molecular weight excluding hydrogens is 329 g/mol. The van der Waals surface area contributed by atoms with Gasteiger partial charge in [0.25, 0.3) is 0 Å². The fraction of sp³-hybridized carbons (Fsp3) is 0.188. The van der Waals surface area contributed by atoms with Crippen LogP contribution in [-0.2, 0) is 4.79 Å². The van der Waals surface area contributed by atoms with Crippen LogP contribution in [0.2, 0.25) is 5.02 Å². The van der Waals surface area contributed by atoms with E-state index in [1.54, 1.807) is 32.0 Å². The van der Waals surface area contributed by atoms with Crippen molar-refractivity contribution in [2.24, 2.45) is 0 Å². The van der Waals surface area contributed by atoms with E-state index in [-0.39, 0.29) is 0 Å². The Morgan fingerprint density at radius 1 is 1.09 bits per heavy atom. The van der Waals surface area contributed by atoms with Crippen LogP contribution in [0.15, 0.2) is 30.3 Å². The number of anilines is 2. The zero-order chi connectivity index (χ0) is 17.1. The van der Waals surface area contributed by atoms with Crippen LogP contribution in [0.3, 0.4) is 0 Å². The molecule has 3 nitrogen and oxygen atoms in total. The lowest BCUT2D eigenvalue weighted by atomic mass is 10.1. The Kier molecular flexibility index (Phi) is 5.15. The molecule has 122 valence electrons. The Hall–Kier alpha value is -2.21. The minimum atomic E-state index is -1.63. The summed E-state index contributed by atoms with van der Waals surface area (Å²) >= 11 is 5.99. The third-order valence-corrected chi connectivity index (χ3v) is 3.74. The van der Waals surface area contributed by atoms with Gasteiger partial charge in [0.1, 0.15) is 6.04 Å². The third-order valence-electron chi connectivity index (χ3n) is 3.33. The molecule has 0 aliphatic rings. The highest BCUT2D eigenvalue weighted by molar-refractivity contribution is 6.31. The van der Waals surface area contributed by atoms with E-state index in [0.29, 0.717) is 10.7 Å². The molecule has 2 aromatic rings. The summed E-state index contributed by atoms with van der Waals surface area (Å²) in [5.41, 5.74) is 0.976. The number of amides is 1. The van der Waals surface area contributed by atoms with Crippen molar-refractivity contribution in [3.8, 4) is 0 Å². The molecule has 0 heterocycles. The molecule has 2 aromatic carbocycles. The molecule has 1 amide bonds. The summed E-state index contributed by atoms with van der Waals surface area (Å²) in [6.45, 7) is 3.33. The number of rotatable bonds is 4. The lowest BCUT2D eigenvalue weighted by Crippen LogP contribution is -2.32. The van der Waals surface area contributed by atoms with Gasteiger partial charge in [-0.2, -0.15) is 0 Å². The van der Waals surface area contributed by atoms with Crippen molar-refractivity contribution in [3.05, 3.63) is 58.4 Å². The monoisotopic (exact) mass is 342 g/mol. The van der Waals surface area contributed by atoms with E-state index < -0.39 is 35.1 Å². The molecule has 0 aliphatic heterocycles. The molecule has 0 unspecified atom stereocenters. The average molecular weight is 343 g/mol. The van der Waals surface area contributed by atoms with Crippen molar-refractivity contribution in [1.82, 2.24) is 0 Å². The summed E-state index contributed by atoms with van der Waals surface area (Å²) in [4.78, 5) is 12.1. The van der Waals surface area contributed by atoms with Gasteiger partial charge in [0.05, 0.1) is 5.69 Å². The minimum absolute atomic E-state index is 0.426. The van der Waals surface area contributed by atoms with Gasteiger partial charge in [0, 0.05) is 10.7 Å². The van der Waals surface area contributed by atoms with Crippen molar-refractivity contribution in [3.63, 3.8) is 0 Å². The Morgan fingerprint density at radius 3 is 2.48 bits per heavy atom. The number of nitrogens with one attached hydrogen (secondary N) is 2. The number of hydrogen-bond acceptors (Lipinski definition) is 2. The lowest BCUT2D eigenvalue weighted by Gasteiger charge is -2.17. The van der Waals surface area contributed by atoms with Crippen LogP contribution in [0.5, 0.6) is 0 Å². The van der Waals surface area contributed by atoms with Gasteiger partial charge in [-0.25, -0.2) is 13.2 Å². The average Bonchev–Trinajstić information content (AvgIpc) is 2.52. The van der Waals surface area contributed by atoms with Crippen LogP contribution < -0.4 is 10.6 Å². The van der Waals surface area contributed by atoms with Crippen LogP contribution >= 0.6 is 11.6 Å². The van der Waals surface area contributed by atoms with Crippen LogP contribution in [0.1, 0.15) is 12.5 Å². The molecule has 23 heavy (non-hydrogen) atoms. The van der Waals surface area contributed by atoms with Crippen molar-refractivity contribution < 1.29 is 18.0 Å². The quantitative estimate of drug-likeness (QED) is 0.803. The highest BCUT2D eigenvalue weighted by atomic mass is 35.5. The highest BCUT2D eigenvalue weighted by Gasteiger charge is 2.19. The second-order valence-electron chi connectivity index (χ2n) is 4.99. The summed E-state index contributed by atoms with van der Waals surface area (Å²) in [6, 6.07) is 6.12. The van der Waals surface area contributed by atoms with Crippen LogP contribution in [-0.4, -0.2) is 11.9 Å². The molecule has 1 atom stereocenters. The predicted molar refractivity (Wildman–Crippen MR) is 84.2 cm³/mol. The maximum absolute atomic E-state index is 13.6.